The lowest BCUT2D eigenvalue weighted by Crippen LogP contribution is -2.15. The number of carbonyl (C=O) groups is 2. The van der Waals surface area contributed by atoms with Gasteiger partial charge in [-0.2, -0.15) is 0 Å². The van der Waals surface area contributed by atoms with E-state index in [4.69, 9.17) is 16.3 Å². The normalized spacial score (nSPS) is 10.0. The highest BCUT2D eigenvalue weighted by Crippen LogP contribution is 2.30. The fourth-order valence-electron chi connectivity index (χ4n) is 2.12. The molecular weight excluding hydrogens is 350 g/mol. The molecule has 8 nitrogen and oxygen atoms in total. The lowest BCUT2D eigenvalue weighted by molar-refractivity contribution is -0.385. The predicted molar refractivity (Wildman–Crippen MR) is 93.4 cm³/mol. The first-order chi connectivity index (χ1) is 11.8. The minimum atomic E-state index is -0.707. The van der Waals surface area contributed by atoms with Crippen molar-refractivity contribution < 1.29 is 19.2 Å². The van der Waals surface area contributed by atoms with Crippen LogP contribution >= 0.6 is 11.6 Å². The molecule has 130 valence electrons. The van der Waals surface area contributed by atoms with Crippen LogP contribution in [0.25, 0.3) is 0 Å². The van der Waals surface area contributed by atoms with Crippen molar-refractivity contribution in [3.05, 3.63) is 57.1 Å². The van der Waals surface area contributed by atoms with Gasteiger partial charge in [-0.15, -0.1) is 0 Å². The van der Waals surface area contributed by atoms with Crippen LogP contribution in [-0.4, -0.2) is 23.8 Å². The first-order valence-corrected chi connectivity index (χ1v) is 7.40. The molecular formula is C16H14ClN3O5. The Bertz CT molecular complexity index is 854. The van der Waals surface area contributed by atoms with Crippen LogP contribution in [0.4, 0.5) is 17.1 Å². The average molecular weight is 364 g/mol. The Morgan fingerprint density at radius 2 is 1.88 bits per heavy atom. The number of carbonyl (C=O) groups excluding carboxylic acids is 2. The SMILES string of the molecule is COc1ccc(NC(C)=O)cc1NC(=O)c1ccc(Cl)cc1[N+](=O)[O-]. The summed E-state index contributed by atoms with van der Waals surface area (Å²) in [5, 5.41) is 16.4. The number of nitro groups is 1. The lowest BCUT2D eigenvalue weighted by atomic mass is 10.1. The second-order valence-corrected chi connectivity index (χ2v) is 5.41. The monoisotopic (exact) mass is 363 g/mol. The number of methoxy groups -OCH3 is 1. The lowest BCUT2D eigenvalue weighted by Gasteiger charge is -2.12. The van der Waals surface area contributed by atoms with E-state index < -0.39 is 16.5 Å². The third-order valence-corrected chi connectivity index (χ3v) is 3.40. The summed E-state index contributed by atoms with van der Waals surface area (Å²) in [6.45, 7) is 1.35. The maximum Gasteiger partial charge on any atom is 0.283 e. The van der Waals surface area contributed by atoms with Gasteiger partial charge in [0.25, 0.3) is 11.6 Å². The quantitative estimate of drug-likeness (QED) is 0.624. The van der Waals surface area contributed by atoms with E-state index in [2.05, 4.69) is 10.6 Å². The molecule has 0 aliphatic carbocycles. The molecule has 0 radical (unpaired) electrons. The van der Waals surface area contributed by atoms with E-state index >= 15 is 0 Å². The third-order valence-electron chi connectivity index (χ3n) is 3.17. The van der Waals surface area contributed by atoms with Gasteiger partial charge in [-0.1, -0.05) is 11.6 Å². The Morgan fingerprint density at radius 1 is 1.16 bits per heavy atom. The van der Waals surface area contributed by atoms with Crippen LogP contribution in [0.5, 0.6) is 5.75 Å². The van der Waals surface area contributed by atoms with Gasteiger partial charge < -0.3 is 15.4 Å². The summed E-state index contributed by atoms with van der Waals surface area (Å²) in [5.74, 6) is -0.656. The molecule has 2 aromatic carbocycles. The Kier molecular flexibility index (Phi) is 5.56. The number of hydrogen-bond acceptors (Lipinski definition) is 5. The minimum Gasteiger partial charge on any atom is -0.495 e. The minimum absolute atomic E-state index is 0.147. The smallest absolute Gasteiger partial charge is 0.283 e. The number of nitrogens with zero attached hydrogens (tertiary/aromatic N) is 1. The molecule has 0 fully saturated rings. The van der Waals surface area contributed by atoms with Crippen LogP contribution in [0.3, 0.4) is 0 Å². The maximum atomic E-state index is 12.5. The first-order valence-electron chi connectivity index (χ1n) is 7.02. The number of amides is 2. The number of hydrogen-bond donors (Lipinski definition) is 2. The van der Waals surface area contributed by atoms with E-state index in [0.29, 0.717) is 11.4 Å². The van der Waals surface area contributed by atoms with Gasteiger partial charge >= 0.3 is 0 Å². The highest BCUT2D eigenvalue weighted by Gasteiger charge is 2.21. The number of nitrogens with one attached hydrogen (secondary N) is 2. The fraction of sp³-hybridized carbons (Fsp3) is 0.125. The zero-order valence-corrected chi connectivity index (χ0v) is 14.1. The summed E-state index contributed by atoms with van der Waals surface area (Å²) in [6.07, 6.45) is 0. The number of ether oxygens (including phenoxy) is 1. The van der Waals surface area contributed by atoms with E-state index in [1.807, 2.05) is 0 Å². The average Bonchev–Trinajstić information content (AvgIpc) is 2.54. The van der Waals surface area contributed by atoms with Crippen molar-refractivity contribution in [2.24, 2.45) is 0 Å². The number of benzene rings is 2. The van der Waals surface area contributed by atoms with Gasteiger partial charge in [-0.05, 0) is 30.3 Å². The van der Waals surface area contributed by atoms with E-state index in [9.17, 15) is 19.7 Å². The van der Waals surface area contributed by atoms with Crippen molar-refractivity contribution in [1.82, 2.24) is 0 Å². The zero-order valence-electron chi connectivity index (χ0n) is 13.3. The molecule has 0 aromatic heterocycles. The number of halogens is 1. The van der Waals surface area contributed by atoms with Crippen molar-refractivity contribution in [3.63, 3.8) is 0 Å². The van der Waals surface area contributed by atoms with Crippen molar-refractivity contribution in [2.75, 3.05) is 17.7 Å². The van der Waals surface area contributed by atoms with Crippen molar-refractivity contribution >= 4 is 40.5 Å². The van der Waals surface area contributed by atoms with Crippen LogP contribution in [0, 0.1) is 10.1 Å². The third kappa shape index (κ3) is 4.45. The van der Waals surface area contributed by atoms with E-state index in [0.717, 1.165) is 6.07 Å². The summed E-state index contributed by atoms with van der Waals surface area (Å²) >= 11 is 5.75. The molecule has 2 amide bonds. The number of rotatable bonds is 5. The molecule has 0 saturated carbocycles. The summed E-state index contributed by atoms with van der Waals surface area (Å²) in [4.78, 5) is 34.0. The highest BCUT2D eigenvalue weighted by atomic mass is 35.5. The number of anilines is 2. The molecule has 2 N–H and O–H groups in total. The Hall–Kier alpha value is -3.13. The van der Waals surface area contributed by atoms with Crippen molar-refractivity contribution in [3.8, 4) is 5.75 Å². The molecule has 2 rings (SSSR count). The molecule has 0 spiro atoms. The Balaban J connectivity index is 2.37. The van der Waals surface area contributed by atoms with Crippen LogP contribution in [0.1, 0.15) is 17.3 Å². The second kappa shape index (κ2) is 7.63. The molecule has 0 bridgehead atoms. The van der Waals surface area contributed by atoms with E-state index in [-0.39, 0.29) is 22.2 Å². The summed E-state index contributed by atoms with van der Waals surface area (Å²) in [5.41, 5.74) is 0.126. The van der Waals surface area contributed by atoms with Gasteiger partial charge in [0.15, 0.2) is 0 Å². The van der Waals surface area contributed by atoms with Gasteiger partial charge in [0.1, 0.15) is 11.3 Å². The first kappa shape index (κ1) is 18.2. The molecule has 0 heterocycles. The standard InChI is InChI=1S/C16H14ClN3O5/c1-9(21)18-11-4-6-15(25-2)13(8-11)19-16(22)12-5-3-10(17)7-14(12)20(23)24/h3-8H,1-2H3,(H,18,21)(H,19,22). The van der Waals surface area contributed by atoms with Crippen molar-refractivity contribution in [1.29, 1.82) is 0 Å². The fourth-order valence-corrected chi connectivity index (χ4v) is 2.29. The van der Waals surface area contributed by atoms with Crippen LogP contribution < -0.4 is 15.4 Å². The molecule has 0 unspecified atom stereocenters. The van der Waals surface area contributed by atoms with Gasteiger partial charge in [0.2, 0.25) is 5.91 Å². The summed E-state index contributed by atoms with van der Waals surface area (Å²) in [7, 11) is 1.41. The number of nitro benzene ring substituents is 1. The predicted octanol–water partition coefficient (Wildman–Crippen LogP) is 3.47. The second-order valence-electron chi connectivity index (χ2n) is 4.97. The topological polar surface area (TPSA) is 111 Å². The molecule has 0 saturated heterocycles. The van der Waals surface area contributed by atoms with Gasteiger partial charge in [0.05, 0.1) is 17.7 Å². The largest absolute Gasteiger partial charge is 0.495 e. The molecule has 2 aromatic rings. The van der Waals surface area contributed by atoms with Gasteiger partial charge in [-0.3, -0.25) is 19.7 Å². The zero-order chi connectivity index (χ0) is 18.6. The molecule has 25 heavy (non-hydrogen) atoms. The maximum absolute atomic E-state index is 12.5. The van der Waals surface area contributed by atoms with Crippen LogP contribution in [0.2, 0.25) is 5.02 Å². The molecule has 0 aliphatic rings. The van der Waals surface area contributed by atoms with Crippen LogP contribution in [0.15, 0.2) is 36.4 Å². The molecule has 0 aliphatic heterocycles. The molecule has 0 atom stereocenters. The summed E-state index contributed by atoms with van der Waals surface area (Å²) in [6, 6.07) is 8.38. The van der Waals surface area contributed by atoms with E-state index in [1.165, 1.54) is 32.2 Å². The van der Waals surface area contributed by atoms with Crippen molar-refractivity contribution in [2.45, 2.75) is 6.92 Å². The van der Waals surface area contributed by atoms with Gasteiger partial charge in [-0.25, -0.2) is 0 Å². The Morgan fingerprint density at radius 3 is 2.48 bits per heavy atom. The van der Waals surface area contributed by atoms with Crippen LogP contribution in [-0.2, 0) is 4.79 Å². The van der Waals surface area contributed by atoms with E-state index in [1.54, 1.807) is 12.1 Å². The molecule has 9 heteroatoms. The summed E-state index contributed by atoms with van der Waals surface area (Å²) < 4.78 is 5.16. The Labute approximate surface area is 147 Å². The van der Waals surface area contributed by atoms with Gasteiger partial charge in [0, 0.05) is 23.7 Å². The highest BCUT2D eigenvalue weighted by molar-refractivity contribution is 6.31.